The van der Waals surface area contributed by atoms with Crippen LogP contribution in [-0.2, 0) is 17.4 Å². The minimum Gasteiger partial charge on any atom is -0.466 e. The van der Waals surface area contributed by atoms with Crippen molar-refractivity contribution in [1.82, 2.24) is 29.6 Å². The molecule has 0 radical (unpaired) electrons. The zero-order valence-electron chi connectivity index (χ0n) is 17.3. The molecule has 0 spiro atoms. The van der Waals surface area contributed by atoms with E-state index < -0.39 is 18.4 Å². The number of carbonyl (C=O) groups is 1. The van der Waals surface area contributed by atoms with E-state index in [0.717, 1.165) is 5.56 Å². The molecule has 8 nitrogen and oxygen atoms in total. The van der Waals surface area contributed by atoms with Gasteiger partial charge in [-0.3, -0.25) is 9.48 Å². The standard InChI is InChI=1S/C20H24F2N6O2/c1-20(2,3)28-9-12(8-25-28)13-6-14-16(27(4)10-24-14)19(26-13)30-17(18(21)22)11-5-15(29)23-7-11/h6,8-11,17-18H,5,7H2,1-4H3,(H,23,29)/t11?,17-/m0/s1. The molecule has 0 saturated carbocycles. The molecule has 1 aliphatic rings. The number of pyridine rings is 1. The van der Waals surface area contributed by atoms with Gasteiger partial charge in [-0.05, 0) is 26.8 Å². The molecule has 4 heterocycles. The summed E-state index contributed by atoms with van der Waals surface area (Å²) in [7, 11) is 1.75. The number of hydrogen-bond donors (Lipinski definition) is 1. The number of rotatable bonds is 5. The predicted molar refractivity (Wildman–Crippen MR) is 106 cm³/mol. The van der Waals surface area contributed by atoms with Gasteiger partial charge >= 0.3 is 0 Å². The first-order valence-corrected chi connectivity index (χ1v) is 9.72. The SMILES string of the molecule is Cn1cnc2cc(-c3cnn(C(C)(C)C)c3)nc(O[C@H](C(F)F)C3CNC(=O)C3)c21. The maximum absolute atomic E-state index is 13.8. The lowest BCUT2D eigenvalue weighted by Crippen LogP contribution is -2.35. The highest BCUT2D eigenvalue weighted by atomic mass is 19.3. The average Bonchev–Trinajstić information content (AvgIpc) is 3.39. The zero-order valence-corrected chi connectivity index (χ0v) is 17.3. The lowest BCUT2D eigenvalue weighted by molar-refractivity contribution is -0.119. The van der Waals surface area contributed by atoms with Crippen molar-refractivity contribution >= 4 is 16.9 Å². The normalized spacial score (nSPS) is 18.2. The number of alkyl halides is 2. The molecule has 1 aliphatic heterocycles. The predicted octanol–water partition coefficient (Wildman–Crippen LogP) is 2.74. The fraction of sp³-hybridized carbons (Fsp3) is 0.500. The summed E-state index contributed by atoms with van der Waals surface area (Å²) in [5, 5.41) is 6.97. The number of carbonyl (C=O) groups excluding carboxylic acids is 1. The Hall–Kier alpha value is -3.04. The molecule has 1 amide bonds. The molecule has 0 bridgehead atoms. The molecule has 1 unspecified atom stereocenters. The number of amides is 1. The Bertz CT molecular complexity index is 1080. The summed E-state index contributed by atoms with van der Waals surface area (Å²) < 4.78 is 36.9. The van der Waals surface area contributed by atoms with Crippen molar-refractivity contribution in [3.63, 3.8) is 0 Å². The molecule has 3 aromatic rings. The topological polar surface area (TPSA) is 86.9 Å². The van der Waals surface area contributed by atoms with Crippen molar-refractivity contribution in [2.75, 3.05) is 6.54 Å². The molecule has 2 atom stereocenters. The zero-order chi connectivity index (χ0) is 21.6. The van der Waals surface area contributed by atoms with Crippen LogP contribution in [0.15, 0.2) is 24.8 Å². The summed E-state index contributed by atoms with van der Waals surface area (Å²) in [6.45, 7) is 6.23. The number of hydrogen-bond acceptors (Lipinski definition) is 5. The third-order valence-corrected chi connectivity index (χ3v) is 5.20. The maximum Gasteiger partial charge on any atom is 0.275 e. The maximum atomic E-state index is 13.8. The van der Waals surface area contributed by atoms with Gasteiger partial charge in [0.25, 0.3) is 6.43 Å². The monoisotopic (exact) mass is 418 g/mol. The number of fused-ring (bicyclic) bond motifs is 1. The van der Waals surface area contributed by atoms with Crippen molar-refractivity contribution in [2.24, 2.45) is 13.0 Å². The van der Waals surface area contributed by atoms with Crippen molar-refractivity contribution in [3.8, 4) is 17.1 Å². The minimum atomic E-state index is -2.76. The lowest BCUT2D eigenvalue weighted by atomic mass is 10.0. The van der Waals surface area contributed by atoms with E-state index in [0.29, 0.717) is 16.7 Å². The van der Waals surface area contributed by atoms with Crippen LogP contribution in [-0.4, -0.2) is 49.3 Å². The second-order valence-corrected chi connectivity index (χ2v) is 8.57. The first kappa shape index (κ1) is 20.2. The molecule has 160 valence electrons. The Morgan fingerprint density at radius 1 is 1.33 bits per heavy atom. The van der Waals surface area contributed by atoms with Crippen LogP contribution < -0.4 is 10.1 Å². The third kappa shape index (κ3) is 3.73. The Kier molecular flexibility index (Phi) is 4.95. The van der Waals surface area contributed by atoms with Crippen molar-refractivity contribution in [2.45, 2.75) is 45.3 Å². The summed E-state index contributed by atoms with van der Waals surface area (Å²) in [4.78, 5) is 20.4. The van der Waals surface area contributed by atoms with Crippen LogP contribution in [0.1, 0.15) is 27.2 Å². The van der Waals surface area contributed by atoms with Crippen molar-refractivity contribution < 1.29 is 18.3 Å². The fourth-order valence-electron chi connectivity index (χ4n) is 3.53. The minimum absolute atomic E-state index is 0.00157. The summed E-state index contributed by atoms with van der Waals surface area (Å²) in [6.07, 6.45) is 0.893. The van der Waals surface area contributed by atoms with E-state index in [1.165, 1.54) is 0 Å². The van der Waals surface area contributed by atoms with Crippen molar-refractivity contribution in [1.29, 1.82) is 0 Å². The highest BCUT2D eigenvalue weighted by molar-refractivity contribution is 5.84. The van der Waals surface area contributed by atoms with Crippen LogP contribution in [0, 0.1) is 5.92 Å². The van der Waals surface area contributed by atoms with Crippen LogP contribution in [0.5, 0.6) is 5.88 Å². The quantitative estimate of drug-likeness (QED) is 0.689. The first-order valence-electron chi connectivity index (χ1n) is 9.72. The van der Waals surface area contributed by atoms with Gasteiger partial charge < -0.3 is 14.6 Å². The van der Waals surface area contributed by atoms with E-state index in [1.807, 2.05) is 31.6 Å². The fourth-order valence-corrected chi connectivity index (χ4v) is 3.53. The van der Waals surface area contributed by atoms with Crippen LogP contribution in [0.25, 0.3) is 22.3 Å². The second kappa shape index (κ2) is 7.33. The van der Waals surface area contributed by atoms with E-state index in [-0.39, 0.29) is 30.3 Å². The molecule has 4 rings (SSSR count). The number of imidazole rings is 1. The van der Waals surface area contributed by atoms with Gasteiger partial charge in [-0.2, -0.15) is 5.10 Å². The largest absolute Gasteiger partial charge is 0.466 e. The summed E-state index contributed by atoms with van der Waals surface area (Å²) >= 11 is 0. The van der Waals surface area contributed by atoms with Gasteiger partial charge in [0.2, 0.25) is 11.8 Å². The molecular weight excluding hydrogens is 394 g/mol. The van der Waals surface area contributed by atoms with E-state index in [9.17, 15) is 13.6 Å². The number of nitrogens with zero attached hydrogens (tertiary/aromatic N) is 5. The Morgan fingerprint density at radius 2 is 2.10 bits per heavy atom. The molecule has 3 aromatic heterocycles. The van der Waals surface area contributed by atoms with Crippen LogP contribution in [0.3, 0.4) is 0 Å². The Balaban J connectivity index is 1.75. The van der Waals surface area contributed by atoms with Gasteiger partial charge in [0.15, 0.2) is 6.10 Å². The second-order valence-electron chi connectivity index (χ2n) is 8.57. The van der Waals surface area contributed by atoms with Gasteiger partial charge in [0.05, 0.1) is 29.3 Å². The van der Waals surface area contributed by atoms with Gasteiger partial charge in [0.1, 0.15) is 5.52 Å². The van der Waals surface area contributed by atoms with Crippen LogP contribution in [0.2, 0.25) is 0 Å². The lowest BCUT2D eigenvalue weighted by Gasteiger charge is -2.23. The van der Waals surface area contributed by atoms with Crippen LogP contribution in [0.4, 0.5) is 8.78 Å². The van der Waals surface area contributed by atoms with E-state index in [2.05, 4.69) is 20.4 Å². The molecule has 1 saturated heterocycles. The number of ether oxygens (including phenoxy) is 1. The molecule has 0 aromatic carbocycles. The van der Waals surface area contributed by atoms with Crippen molar-refractivity contribution in [3.05, 3.63) is 24.8 Å². The molecular formula is C20H24F2N6O2. The molecule has 1 N–H and O–H groups in total. The highest BCUT2D eigenvalue weighted by Crippen LogP contribution is 2.32. The summed E-state index contributed by atoms with van der Waals surface area (Å²) in [5.41, 5.74) is 2.14. The number of aromatic nitrogens is 5. The summed E-state index contributed by atoms with van der Waals surface area (Å²) in [5.74, 6) is -0.818. The number of nitrogens with one attached hydrogen (secondary N) is 1. The Labute approximate surface area is 172 Å². The molecule has 10 heteroatoms. The third-order valence-electron chi connectivity index (χ3n) is 5.20. The van der Waals surface area contributed by atoms with Gasteiger partial charge in [-0.25, -0.2) is 18.7 Å². The summed E-state index contributed by atoms with van der Waals surface area (Å²) in [6, 6.07) is 1.78. The van der Waals surface area contributed by atoms with Gasteiger partial charge in [-0.1, -0.05) is 0 Å². The first-order chi connectivity index (χ1) is 14.1. The van der Waals surface area contributed by atoms with Gasteiger partial charge in [-0.15, -0.1) is 0 Å². The smallest absolute Gasteiger partial charge is 0.275 e. The van der Waals surface area contributed by atoms with Gasteiger partial charge in [0, 0.05) is 37.7 Å². The van der Waals surface area contributed by atoms with E-state index >= 15 is 0 Å². The highest BCUT2D eigenvalue weighted by Gasteiger charge is 2.38. The van der Waals surface area contributed by atoms with E-state index in [1.54, 1.807) is 30.2 Å². The molecule has 1 fully saturated rings. The molecule has 30 heavy (non-hydrogen) atoms. The number of halogens is 2. The number of aryl methyl sites for hydroxylation is 1. The Morgan fingerprint density at radius 3 is 2.70 bits per heavy atom. The average molecular weight is 418 g/mol. The molecule has 0 aliphatic carbocycles. The van der Waals surface area contributed by atoms with Crippen LogP contribution >= 0.6 is 0 Å². The van der Waals surface area contributed by atoms with E-state index in [4.69, 9.17) is 4.74 Å².